The second kappa shape index (κ2) is 5.65. The first-order valence-corrected chi connectivity index (χ1v) is 7.16. The zero-order valence-corrected chi connectivity index (χ0v) is 11.9. The number of halogens is 2. The van der Waals surface area contributed by atoms with E-state index in [4.69, 9.17) is 0 Å². The molecule has 0 radical (unpaired) electrons. The number of hydrogen-bond acceptors (Lipinski definition) is 0. The van der Waals surface area contributed by atoms with Crippen molar-refractivity contribution in [2.24, 2.45) is 0 Å². The number of aryl methyl sites for hydroxylation is 1. The topological polar surface area (TPSA) is 0 Å². The normalized spacial score (nSPS) is 11.0. The minimum absolute atomic E-state index is 0.321. The quantitative estimate of drug-likeness (QED) is 0.575. The SMILES string of the molecule is CCCc1ccc(-c2ccc3c(F)c(F)ccc3c2)cc1. The van der Waals surface area contributed by atoms with Crippen molar-refractivity contribution in [3.05, 3.63) is 71.8 Å². The Bertz CT molecular complexity index is 773. The van der Waals surface area contributed by atoms with E-state index in [2.05, 4.69) is 31.2 Å². The van der Waals surface area contributed by atoms with Crippen LogP contribution in [0, 0.1) is 11.6 Å². The lowest BCUT2D eigenvalue weighted by Gasteiger charge is -2.07. The van der Waals surface area contributed by atoms with Gasteiger partial charge in [-0.3, -0.25) is 0 Å². The summed E-state index contributed by atoms with van der Waals surface area (Å²) >= 11 is 0. The number of hydrogen-bond donors (Lipinski definition) is 0. The largest absolute Gasteiger partial charge is 0.204 e. The summed E-state index contributed by atoms with van der Waals surface area (Å²) in [7, 11) is 0. The molecule has 0 bridgehead atoms. The van der Waals surface area contributed by atoms with Crippen LogP contribution in [-0.2, 0) is 6.42 Å². The van der Waals surface area contributed by atoms with Crippen molar-refractivity contribution in [3.8, 4) is 11.1 Å². The number of rotatable bonds is 3. The highest BCUT2D eigenvalue weighted by Crippen LogP contribution is 2.27. The Morgan fingerprint density at radius 1 is 0.810 bits per heavy atom. The van der Waals surface area contributed by atoms with Gasteiger partial charge in [-0.15, -0.1) is 0 Å². The van der Waals surface area contributed by atoms with E-state index >= 15 is 0 Å². The van der Waals surface area contributed by atoms with E-state index in [-0.39, 0.29) is 0 Å². The molecular formula is C19H16F2. The fourth-order valence-corrected chi connectivity index (χ4v) is 2.60. The molecule has 0 aliphatic heterocycles. The van der Waals surface area contributed by atoms with Crippen LogP contribution < -0.4 is 0 Å². The number of benzene rings is 3. The van der Waals surface area contributed by atoms with Gasteiger partial charge in [-0.1, -0.05) is 55.8 Å². The van der Waals surface area contributed by atoms with Gasteiger partial charge in [0.15, 0.2) is 11.6 Å². The second-order valence-electron chi connectivity index (χ2n) is 5.24. The van der Waals surface area contributed by atoms with E-state index < -0.39 is 11.6 Å². The first kappa shape index (κ1) is 13.7. The van der Waals surface area contributed by atoms with Crippen molar-refractivity contribution < 1.29 is 8.78 Å². The molecule has 0 saturated heterocycles. The Labute approximate surface area is 123 Å². The van der Waals surface area contributed by atoms with Gasteiger partial charge >= 0.3 is 0 Å². The van der Waals surface area contributed by atoms with Crippen LogP contribution in [0.2, 0.25) is 0 Å². The lowest BCUT2D eigenvalue weighted by molar-refractivity contribution is 0.517. The molecule has 0 saturated carbocycles. The molecule has 0 aromatic heterocycles. The summed E-state index contributed by atoms with van der Waals surface area (Å²) in [6.07, 6.45) is 2.20. The first-order valence-electron chi connectivity index (χ1n) is 7.16. The van der Waals surface area contributed by atoms with Gasteiger partial charge in [-0.25, -0.2) is 8.78 Å². The molecule has 0 amide bonds. The van der Waals surface area contributed by atoms with Crippen molar-refractivity contribution in [1.82, 2.24) is 0 Å². The van der Waals surface area contributed by atoms with Crippen LogP contribution in [0.4, 0.5) is 8.78 Å². The Morgan fingerprint density at radius 2 is 1.52 bits per heavy atom. The fraction of sp³-hybridized carbons (Fsp3) is 0.158. The van der Waals surface area contributed by atoms with Gasteiger partial charge in [0.05, 0.1) is 0 Å². The molecule has 0 atom stereocenters. The molecule has 0 spiro atoms. The third-order valence-corrected chi connectivity index (χ3v) is 3.73. The van der Waals surface area contributed by atoms with E-state index in [9.17, 15) is 8.78 Å². The maximum absolute atomic E-state index is 13.7. The second-order valence-corrected chi connectivity index (χ2v) is 5.24. The molecule has 0 aliphatic carbocycles. The highest BCUT2D eigenvalue weighted by molar-refractivity contribution is 5.87. The Kier molecular flexibility index (Phi) is 3.70. The summed E-state index contributed by atoms with van der Waals surface area (Å²) in [5.74, 6) is -1.59. The van der Waals surface area contributed by atoms with Crippen LogP contribution in [0.25, 0.3) is 21.9 Å². The van der Waals surface area contributed by atoms with Crippen molar-refractivity contribution in [2.75, 3.05) is 0 Å². The molecule has 106 valence electrons. The molecule has 0 aliphatic rings. The molecule has 0 fully saturated rings. The molecule has 3 rings (SSSR count). The van der Waals surface area contributed by atoms with Crippen molar-refractivity contribution in [1.29, 1.82) is 0 Å². The molecule has 0 heterocycles. The van der Waals surface area contributed by atoms with Crippen LogP contribution in [0.5, 0.6) is 0 Å². The molecule has 2 heteroatoms. The highest BCUT2D eigenvalue weighted by atomic mass is 19.2. The van der Waals surface area contributed by atoms with Gasteiger partial charge in [0.2, 0.25) is 0 Å². The molecular weight excluding hydrogens is 266 g/mol. The lowest BCUT2D eigenvalue weighted by Crippen LogP contribution is -1.87. The molecule has 0 unspecified atom stereocenters. The minimum Gasteiger partial charge on any atom is -0.204 e. The summed E-state index contributed by atoms with van der Waals surface area (Å²) in [4.78, 5) is 0. The predicted molar refractivity (Wildman–Crippen MR) is 83.3 cm³/mol. The van der Waals surface area contributed by atoms with Crippen molar-refractivity contribution in [2.45, 2.75) is 19.8 Å². The third kappa shape index (κ3) is 2.66. The summed E-state index contributed by atoms with van der Waals surface area (Å²) in [6.45, 7) is 2.16. The molecule has 0 nitrogen and oxygen atoms in total. The van der Waals surface area contributed by atoms with Crippen molar-refractivity contribution >= 4 is 10.8 Å². The fourth-order valence-electron chi connectivity index (χ4n) is 2.60. The number of fused-ring (bicyclic) bond motifs is 1. The van der Waals surface area contributed by atoms with E-state index in [0.717, 1.165) is 24.0 Å². The maximum atomic E-state index is 13.7. The predicted octanol–water partition coefficient (Wildman–Crippen LogP) is 5.74. The van der Waals surface area contributed by atoms with E-state index in [1.54, 1.807) is 12.1 Å². The highest BCUT2D eigenvalue weighted by Gasteiger charge is 2.08. The van der Waals surface area contributed by atoms with Crippen LogP contribution in [0.15, 0.2) is 54.6 Å². The zero-order valence-electron chi connectivity index (χ0n) is 11.9. The van der Waals surface area contributed by atoms with Crippen molar-refractivity contribution in [3.63, 3.8) is 0 Å². The third-order valence-electron chi connectivity index (χ3n) is 3.73. The molecule has 21 heavy (non-hydrogen) atoms. The lowest BCUT2D eigenvalue weighted by atomic mass is 9.99. The summed E-state index contributed by atoms with van der Waals surface area (Å²) < 4.78 is 26.9. The smallest absolute Gasteiger partial charge is 0.166 e. The van der Waals surface area contributed by atoms with Crippen LogP contribution in [0.1, 0.15) is 18.9 Å². The van der Waals surface area contributed by atoms with E-state index in [1.165, 1.54) is 11.6 Å². The molecule has 3 aromatic carbocycles. The Morgan fingerprint density at radius 3 is 2.24 bits per heavy atom. The van der Waals surface area contributed by atoms with Gasteiger partial charge in [0.1, 0.15) is 0 Å². The van der Waals surface area contributed by atoms with Crippen LogP contribution in [0.3, 0.4) is 0 Å². The average molecular weight is 282 g/mol. The van der Waals surface area contributed by atoms with Gasteiger partial charge in [-0.2, -0.15) is 0 Å². The van der Waals surface area contributed by atoms with Crippen LogP contribution in [-0.4, -0.2) is 0 Å². The van der Waals surface area contributed by atoms with Crippen LogP contribution >= 0.6 is 0 Å². The molecule has 0 N–H and O–H groups in total. The summed E-state index contributed by atoms with van der Waals surface area (Å²) in [6, 6.07) is 16.5. The summed E-state index contributed by atoms with van der Waals surface area (Å²) in [5.41, 5.74) is 3.41. The monoisotopic (exact) mass is 282 g/mol. The van der Waals surface area contributed by atoms with Gasteiger partial charge < -0.3 is 0 Å². The average Bonchev–Trinajstić information content (AvgIpc) is 2.52. The van der Waals surface area contributed by atoms with Gasteiger partial charge in [-0.05, 0) is 40.6 Å². The zero-order chi connectivity index (χ0) is 14.8. The van der Waals surface area contributed by atoms with E-state index in [1.807, 2.05) is 12.1 Å². The Hall–Kier alpha value is -2.22. The standard InChI is InChI=1S/C19H16F2/c1-2-3-13-4-6-14(7-5-13)15-8-10-17-16(12-15)9-11-18(20)19(17)21/h4-12H,2-3H2,1H3. The van der Waals surface area contributed by atoms with Gasteiger partial charge in [0.25, 0.3) is 0 Å². The summed E-state index contributed by atoms with van der Waals surface area (Å²) in [5, 5.41) is 1.03. The first-order chi connectivity index (χ1) is 10.2. The van der Waals surface area contributed by atoms with E-state index in [0.29, 0.717) is 10.8 Å². The molecule has 3 aromatic rings. The maximum Gasteiger partial charge on any atom is 0.166 e. The Balaban J connectivity index is 2.02. The minimum atomic E-state index is -0.806. The van der Waals surface area contributed by atoms with Gasteiger partial charge in [0, 0.05) is 5.39 Å².